The smallest absolute Gasteiger partial charge is 0.162 e. The van der Waals surface area contributed by atoms with Gasteiger partial charge in [0.1, 0.15) is 6.61 Å². The fraction of sp³-hybridized carbons (Fsp3) is 0.750. The molecule has 0 saturated carbocycles. The van der Waals surface area contributed by atoms with Gasteiger partial charge in [-0.25, -0.2) is 0 Å². The normalized spacial score (nSPS) is 21.3. The highest BCUT2D eigenvalue weighted by molar-refractivity contribution is 5.04. The van der Waals surface area contributed by atoms with Crippen LogP contribution < -0.4 is 5.32 Å². The van der Waals surface area contributed by atoms with Crippen molar-refractivity contribution in [1.82, 2.24) is 15.4 Å². The van der Waals surface area contributed by atoms with Gasteiger partial charge in [-0.1, -0.05) is 5.16 Å². The van der Waals surface area contributed by atoms with Crippen molar-refractivity contribution in [3.63, 3.8) is 0 Å². The van der Waals surface area contributed by atoms with Gasteiger partial charge < -0.3 is 19.3 Å². The van der Waals surface area contributed by atoms with Crippen molar-refractivity contribution in [2.24, 2.45) is 0 Å². The molecule has 0 aromatic carbocycles. The number of aromatic nitrogens is 1. The number of nitrogens with zero attached hydrogens (tertiary/aromatic N) is 2. The van der Waals surface area contributed by atoms with Crippen molar-refractivity contribution in [2.75, 3.05) is 40.4 Å². The average Bonchev–Trinajstić information content (AvgIpc) is 2.78. The molecule has 0 amide bonds. The van der Waals surface area contributed by atoms with Gasteiger partial charge in [0.25, 0.3) is 0 Å². The first-order chi connectivity index (χ1) is 8.81. The molecule has 1 aromatic heterocycles. The van der Waals surface area contributed by atoms with Crippen LogP contribution in [-0.4, -0.2) is 56.6 Å². The van der Waals surface area contributed by atoms with Crippen molar-refractivity contribution < 1.29 is 14.0 Å². The lowest BCUT2D eigenvalue weighted by atomic mass is 10.2. The van der Waals surface area contributed by atoms with Gasteiger partial charge in [0.05, 0.1) is 18.4 Å². The highest BCUT2D eigenvalue weighted by Gasteiger charge is 2.20. The molecule has 1 N–H and O–H groups in total. The second kappa shape index (κ2) is 6.84. The van der Waals surface area contributed by atoms with Crippen LogP contribution in [0, 0.1) is 0 Å². The van der Waals surface area contributed by atoms with Crippen molar-refractivity contribution in [3.05, 3.63) is 17.5 Å². The van der Waals surface area contributed by atoms with E-state index in [0.717, 1.165) is 44.2 Å². The Kier molecular flexibility index (Phi) is 5.12. The zero-order chi connectivity index (χ0) is 12.8. The number of likely N-dealkylation sites (N-methyl/N-ethyl adjacent to an activating group) is 1. The first kappa shape index (κ1) is 13.5. The minimum absolute atomic E-state index is 0.258. The topological polar surface area (TPSA) is 59.8 Å². The lowest BCUT2D eigenvalue weighted by molar-refractivity contribution is -0.0297. The molecule has 2 heterocycles. The molecule has 1 aromatic rings. The summed E-state index contributed by atoms with van der Waals surface area (Å²) in [7, 11) is 3.59. The summed E-state index contributed by atoms with van der Waals surface area (Å²) in [6.45, 7) is 4.79. The second-order valence-corrected chi connectivity index (χ2v) is 4.50. The van der Waals surface area contributed by atoms with Crippen LogP contribution in [-0.2, 0) is 22.6 Å². The molecule has 0 radical (unpaired) electrons. The number of methoxy groups -OCH3 is 1. The maximum Gasteiger partial charge on any atom is 0.162 e. The summed E-state index contributed by atoms with van der Waals surface area (Å²) < 4.78 is 15.8. The monoisotopic (exact) mass is 255 g/mol. The van der Waals surface area contributed by atoms with Crippen molar-refractivity contribution in [2.45, 2.75) is 19.3 Å². The van der Waals surface area contributed by atoms with Gasteiger partial charge in [-0.15, -0.1) is 0 Å². The maximum absolute atomic E-state index is 5.66. The third kappa shape index (κ3) is 3.78. The Labute approximate surface area is 107 Å². The highest BCUT2D eigenvalue weighted by atomic mass is 16.5. The highest BCUT2D eigenvalue weighted by Crippen LogP contribution is 2.11. The molecule has 6 heteroatoms. The number of rotatable bonds is 6. The average molecular weight is 255 g/mol. The van der Waals surface area contributed by atoms with Crippen molar-refractivity contribution in [1.29, 1.82) is 0 Å². The van der Waals surface area contributed by atoms with Gasteiger partial charge in [0, 0.05) is 39.4 Å². The Bertz CT molecular complexity index is 354. The van der Waals surface area contributed by atoms with E-state index in [0.29, 0.717) is 6.61 Å². The third-order valence-corrected chi connectivity index (χ3v) is 2.93. The molecule has 1 saturated heterocycles. The molecule has 1 fully saturated rings. The second-order valence-electron chi connectivity index (χ2n) is 4.50. The van der Waals surface area contributed by atoms with E-state index in [4.69, 9.17) is 14.0 Å². The van der Waals surface area contributed by atoms with E-state index < -0.39 is 0 Å². The van der Waals surface area contributed by atoms with Crippen LogP contribution >= 0.6 is 0 Å². The Morgan fingerprint density at radius 3 is 3.28 bits per heavy atom. The molecule has 6 nitrogen and oxygen atoms in total. The number of hydrogen-bond acceptors (Lipinski definition) is 6. The maximum atomic E-state index is 5.66. The van der Waals surface area contributed by atoms with E-state index in [1.165, 1.54) is 0 Å². The number of nitrogens with one attached hydrogen (secondary N) is 1. The summed E-state index contributed by atoms with van der Waals surface area (Å²) in [6, 6.07) is 1.95. The molecule has 1 aliphatic heterocycles. The molecular weight excluding hydrogens is 234 g/mol. The van der Waals surface area contributed by atoms with E-state index in [9.17, 15) is 0 Å². The fourth-order valence-electron chi connectivity index (χ4n) is 2.14. The molecule has 1 atom stereocenters. The summed E-state index contributed by atoms with van der Waals surface area (Å²) in [5, 5.41) is 7.19. The van der Waals surface area contributed by atoms with E-state index in [2.05, 4.69) is 15.4 Å². The zero-order valence-corrected chi connectivity index (χ0v) is 11.0. The van der Waals surface area contributed by atoms with E-state index >= 15 is 0 Å². The summed E-state index contributed by atoms with van der Waals surface area (Å²) in [6.07, 6.45) is 0.258. The molecule has 0 spiro atoms. The first-order valence-electron chi connectivity index (χ1n) is 6.23. The number of hydrogen-bond donors (Lipinski definition) is 1. The number of ether oxygens (including phenoxy) is 2. The number of morpholine rings is 1. The van der Waals surface area contributed by atoms with Crippen molar-refractivity contribution in [3.8, 4) is 0 Å². The lowest BCUT2D eigenvalue weighted by Gasteiger charge is -2.32. The van der Waals surface area contributed by atoms with Gasteiger partial charge in [0.2, 0.25) is 0 Å². The first-order valence-corrected chi connectivity index (χ1v) is 6.23. The van der Waals surface area contributed by atoms with Crippen LogP contribution in [0.5, 0.6) is 0 Å². The Balaban J connectivity index is 1.84. The lowest BCUT2D eigenvalue weighted by Crippen LogP contribution is -2.45. The summed E-state index contributed by atoms with van der Waals surface area (Å²) in [4.78, 5) is 2.33. The quantitative estimate of drug-likeness (QED) is 0.786. The molecule has 0 aliphatic carbocycles. The molecule has 2 rings (SSSR count). The third-order valence-electron chi connectivity index (χ3n) is 2.93. The Morgan fingerprint density at radius 1 is 1.61 bits per heavy atom. The largest absolute Gasteiger partial charge is 0.377 e. The summed E-state index contributed by atoms with van der Waals surface area (Å²) in [5.41, 5.74) is 0.951. The fourth-order valence-corrected chi connectivity index (χ4v) is 2.14. The summed E-state index contributed by atoms with van der Waals surface area (Å²) >= 11 is 0. The SMILES string of the molecule is CNCC1CN(Cc2cc(COC)on2)CCO1. The van der Waals surface area contributed by atoms with Crippen LogP contribution in [0.2, 0.25) is 0 Å². The van der Waals surface area contributed by atoms with Crippen LogP contribution in [0.4, 0.5) is 0 Å². The van der Waals surface area contributed by atoms with Gasteiger partial charge in [-0.2, -0.15) is 0 Å². The molecule has 1 unspecified atom stereocenters. The van der Waals surface area contributed by atoms with Crippen LogP contribution in [0.3, 0.4) is 0 Å². The predicted molar refractivity (Wildman–Crippen MR) is 66.2 cm³/mol. The standard InChI is InChI=1S/C12H21N3O3/c1-13-6-12-8-15(3-4-17-12)7-10-5-11(9-16-2)18-14-10/h5,12-13H,3-4,6-9H2,1-2H3. The van der Waals surface area contributed by atoms with E-state index in [-0.39, 0.29) is 6.10 Å². The Morgan fingerprint density at radius 2 is 2.50 bits per heavy atom. The van der Waals surface area contributed by atoms with Gasteiger partial charge in [-0.05, 0) is 7.05 Å². The summed E-state index contributed by atoms with van der Waals surface area (Å²) in [5.74, 6) is 0.771. The van der Waals surface area contributed by atoms with E-state index in [1.54, 1.807) is 7.11 Å². The molecule has 0 bridgehead atoms. The molecule has 18 heavy (non-hydrogen) atoms. The minimum Gasteiger partial charge on any atom is -0.377 e. The molecular formula is C12H21N3O3. The van der Waals surface area contributed by atoms with E-state index in [1.807, 2.05) is 13.1 Å². The minimum atomic E-state index is 0.258. The molecule has 1 aliphatic rings. The zero-order valence-electron chi connectivity index (χ0n) is 11.0. The van der Waals surface area contributed by atoms with Gasteiger partial charge >= 0.3 is 0 Å². The van der Waals surface area contributed by atoms with Crippen LogP contribution in [0.1, 0.15) is 11.5 Å². The predicted octanol–water partition coefficient (Wildman–Crippen LogP) is 0.241. The van der Waals surface area contributed by atoms with Gasteiger partial charge in [-0.3, -0.25) is 4.90 Å². The van der Waals surface area contributed by atoms with Crippen LogP contribution in [0.15, 0.2) is 10.6 Å². The Hall–Kier alpha value is -0.950. The van der Waals surface area contributed by atoms with Gasteiger partial charge in [0.15, 0.2) is 5.76 Å². The molecule has 102 valence electrons. The van der Waals surface area contributed by atoms with Crippen molar-refractivity contribution >= 4 is 0 Å². The van der Waals surface area contributed by atoms with Crippen LogP contribution in [0.25, 0.3) is 0 Å².